The first-order chi connectivity index (χ1) is 14.9. The monoisotopic (exact) mass is 440 g/mol. The molecule has 1 saturated heterocycles. The van der Waals surface area contributed by atoms with Gasteiger partial charge in [-0.25, -0.2) is 8.42 Å². The third-order valence-electron chi connectivity index (χ3n) is 6.40. The fourth-order valence-electron chi connectivity index (χ4n) is 4.73. The number of hydrogen-bond acceptors (Lipinski definition) is 5. The van der Waals surface area contributed by atoms with Gasteiger partial charge in [-0.15, -0.1) is 0 Å². The minimum absolute atomic E-state index is 0.00276. The molecule has 2 aromatic rings. The van der Waals surface area contributed by atoms with Crippen LogP contribution in [0.4, 0.5) is 5.69 Å². The van der Waals surface area contributed by atoms with Gasteiger partial charge in [0.2, 0.25) is 15.9 Å². The molecule has 0 aliphatic carbocycles. The number of piperidine rings is 1. The zero-order valence-electron chi connectivity index (χ0n) is 16.9. The zero-order valence-corrected chi connectivity index (χ0v) is 17.7. The van der Waals surface area contributed by atoms with Gasteiger partial charge in [0.15, 0.2) is 0 Å². The number of nitrogens with zero attached hydrogens (tertiary/aromatic N) is 1. The van der Waals surface area contributed by atoms with Gasteiger partial charge < -0.3 is 15.5 Å². The highest BCUT2D eigenvalue weighted by molar-refractivity contribution is 7.89. The Morgan fingerprint density at radius 2 is 1.71 bits per heavy atom. The second-order valence-corrected chi connectivity index (χ2v) is 9.96. The van der Waals surface area contributed by atoms with Gasteiger partial charge in [0.05, 0.1) is 24.3 Å². The van der Waals surface area contributed by atoms with Gasteiger partial charge in [0.1, 0.15) is 4.90 Å². The summed E-state index contributed by atoms with van der Waals surface area (Å²) in [7, 11) is -3.55. The number of likely N-dealkylation sites (tertiary alicyclic amines) is 1. The Hall–Kier alpha value is -2.91. The van der Waals surface area contributed by atoms with Crippen molar-refractivity contribution in [2.45, 2.75) is 36.4 Å². The van der Waals surface area contributed by atoms with Gasteiger partial charge >= 0.3 is 0 Å². The van der Waals surface area contributed by atoms with Crippen LogP contribution in [0.5, 0.6) is 0 Å². The molecule has 2 atom stereocenters. The van der Waals surface area contributed by atoms with Crippen molar-refractivity contribution in [3.8, 4) is 0 Å². The molecule has 0 unspecified atom stereocenters. The van der Waals surface area contributed by atoms with E-state index in [4.69, 9.17) is 0 Å². The van der Waals surface area contributed by atoms with Crippen LogP contribution < -0.4 is 15.4 Å². The summed E-state index contributed by atoms with van der Waals surface area (Å²) in [4.78, 5) is 27.0. The number of benzene rings is 2. The Labute approximate surface area is 181 Å². The first-order valence-corrected chi connectivity index (χ1v) is 12.0. The smallest absolute Gasteiger partial charge is 0.252 e. The summed E-state index contributed by atoms with van der Waals surface area (Å²) >= 11 is 0. The lowest BCUT2D eigenvalue weighted by Crippen LogP contribution is -2.52. The maximum Gasteiger partial charge on any atom is 0.252 e. The summed E-state index contributed by atoms with van der Waals surface area (Å²) in [6, 6.07) is 13.9. The second kappa shape index (κ2) is 7.65. The van der Waals surface area contributed by atoms with Crippen molar-refractivity contribution in [3.05, 3.63) is 59.7 Å². The van der Waals surface area contributed by atoms with E-state index in [1.54, 1.807) is 24.3 Å². The fourth-order valence-corrected chi connectivity index (χ4v) is 6.12. The van der Waals surface area contributed by atoms with Crippen LogP contribution >= 0.6 is 0 Å². The van der Waals surface area contributed by atoms with E-state index in [1.807, 2.05) is 29.2 Å². The van der Waals surface area contributed by atoms with Crippen LogP contribution in [0, 0.1) is 5.92 Å². The normalized spacial score (nSPS) is 24.6. The minimum Gasteiger partial charge on any atom is -0.368 e. The lowest BCUT2D eigenvalue weighted by atomic mass is 9.93. The Morgan fingerprint density at radius 1 is 1.00 bits per heavy atom. The van der Waals surface area contributed by atoms with Crippen LogP contribution in [0.3, 0.4) is 0 Å². The van der Waals surface area contributed by atoms with Crippen molar-refractivity contribution in [1.82, 2.24) is 14.9 Å². The van der Waals surface area contributed by atoms with Crippen LogP contribution in [0.25, 0.3) is 0 Å². The highest BCUT2D eigenvalue weighted by atomic mass is 32.2. The quantitative estimate of drug-likeness (QED) is 0.675. The number of amides is 2. The van der Waals surface area contributed by atoms with Crippen molar-refractivity contribution in [3.63, 3.8) is 0 Å². The lowest BCUT2D eigenvalue weighted by Gasteiger charge is -2.39. The maximum absolute atomic E-state index is 12.9. The number of hydrogen-bond donors (Lipinski definition) is 3. The summed E-state index contributed by atoms with van der Waals surface area (Å²) in [5, 5.41) is 6.19. The largest absolute Gasteiger partial charge is 0.368 e. The van der Waals surface area contributed by atoms with Crippen LogP contribution in [0.1, 0.15) is 41.2 Å². The number of carbonyl (C=O) groups excluding carboxylic acids is 2. The van der Waals surface area contributed by atoms with Crippen molar-refractivity contribution >= 4 is 27.5 Å². The molecule has 2 aromatic carbocycles. The van der Waals surface area contributed by atoms with E-state index in [0.29, 0.717) is 37.2 Å². The molecular formula is C22H24N4O4S. The van der Waals surface area contributed by atoms with E-state index >= 15 is 0 Å². The van der Waals surface area contributed by atoms with Crippen molar-refractivity contribution < 1.29 is 18.0 Å². The van der Waals surface area contributed by atoms with E-state index in [1.165, 1.54) is 0 Å². The molecule has 0 aromatic heterocycles. The molecule has 1 fully saturated rings. The van der Waals surface area contributed by atoms with Crippen LogP contribution in [0.15, 0.2) is 53.4 Å². The van der Waals surface area contributed by atoms with Gasteiger partial charge in [-0.05, 0) is 42.5 Å². The standard InChI is InChI=1S/C22H24N4O4S/c27-20(13-18-15-5-1-2-6-16(15)22(28)24-18)26-11-9-14(10-12-26)21-23-17-7-3-4-8-19(17)31(29,30)25-21/h1-8,14,18,21,23,25H,9-13H2,(H,24,28)/t18-,21+/m1/s1. The Kier molecular flexibility index (Phi) is 4.94. The van der Waals surface area contributed by atoms with Crippen molar-refractivity contribution in [2.24, 2.45) is 5.92 Å². The van der Waals surface area contributed by atoms with E-state index < -0.39 is 16.2 Å². The summed E-state index contributed by atoms with van der Waals surface area (Å²) < 4.78 is 27.9. The zero-order chi connectivity index (χ0) is 21.6. The lowest BCUT2D eigenvalue weighted by molar-refractivity contribution is -0.133. The molecule has 8 nitrogen and oxygen atoms in total. The molecule has 0 bridgehead atoms. The number of fused-ring (bicyclic) bond motifs is 2. The number of carbonyl (C=O) groups is 2. The van der Waals surface area contributed by atoms with E-state index in [-0.39, 0.29) is 35.1 Å². The van der Waals surface area contributed by atoms with Gasteiger partial charge in [0, 0.05) is 18.7 Å². The summed E-state index contributed by atoms with van der Waals surface area (Å²) in [5.74, 6) is -0.0508. The molecule has 31 heavy (non-hydrogen) atoms. The molecule has 0 saturated carbocycles. The molecule has 9 heteroatoms. The minimum atomic E-state index is -3.55. The van der Waals surface area contributed by atoms with Gasteiger partial charge in [0.25, 0.3) is 5.91 Å². The molecule has 5 rings (SSSR count). The molecule has 3 heterocycles. The molecule has 3 N–H and O–H groups in total. The third-order valence-corrected chi connectivity index (χ3v) is 7.90. The Morgan fingerprint density at radius 3 is 2.52 bits per heavy atom. The Bertz CT molecular complexity index is 1140. The van der Waals surface area contributed by atoms with E-state index in [0.717, 1.165) is 5.56 Å². The second-order valence-electron chi connectivity index (χ2n) is 8.28. The third kappa shape index (κ3) is 3.68. The van der Waals surface area contributed by atoms with Crippen molar-refractivity contribution in [1.29, 1.82) is 0 Å². The van der Waals surface area contributed by atoms with E-state index in [9.17, 15) is 18.0 Å². The molecular weight excluding hydrogens is 416 g/mol. The fraction of sp³-hybridized carbons (Fsp3) is 0.364. The topological polar surface area (TPSA) is 108 Å². The molecule has 0 radical (unpaired) electrons. The SMILES string of the molecule is O=C1N[C@H](CC(=O)N2CCC([C@H]3Nc4ccccc4S(=O)(=O)N3)CC2)c2ccccc21. The molecule has 0 spiro atoms. The van der Waals surface area contributed by atoms with Crippen LogP contribution in [-0.4, -0.2) is 44.4 Å². The number of nitrogens with one attached hydrogen (secondary N) is 3. The van der Waals surface area contributed by atoms with Gasteiger partial charge in [-0.2, -0.15) is 4.72 Å². The van der Waals surface area contributed by atoms with Crippen LogP contribution in [0.2, 0.25) is 0 Å². The summed E-state index contributed by atoms with van der Waals surface area (Å²) in [6.07, 6.45) is 1.23. The van der Waals surface area contributed by atoms with E-state index in [2.05, 4.69) is 15.4 Å². The number of para-hydroxylation sites is 1. The Balaban J connectivity index is 1.21. The van der Waals surface area contributed by atoms with Crippen LogP contribution in [-0.2, 0) is 14.8 Å². The summed E-state index contributed by atoms with van der Waals surface area (Å²) in [6.45, 7) is 1.13. The number of rotatable bonds is 3. The van der Waals surface area contributed by atoms with Crippen molar-refractivity contribution in [2.75, 3.05) is 18.4 Å². The molecule has 2 amide bonds. The van der Waals surface area contributed by atoms with Gasteiger partial charge in [-0.1, -0.05) is 30.3 Å². The summed E-state index contributed by atoms with van der Waals surface area (Å²) in [5.41, 5.74) is 2.12. The molecule has 162 valence electrons. The first kappa shape index (κ1) is 20.0. The number of anilines is 1. The average molecular weight is 441 g/mol. The molecule has 3 aliphatic rings. The van der Waals surface area contributed by atoms with Gasteiger partial charge in [-0.3, -0.25) is 9.59 Å². The maximum atomic E-state index is 12.9. The highest BCUT2D eigenvalue weighted by Crippen LogP contribution is 2.32. The highest BCUT2D eigenvalue weighted by Gasteiger charge is 2.37. The molecule has 3 aliphatic heterocycles. The predicted octanol–water partition coefficient (Wildman–Crippen LogP) is 1.83. The average Bonchev–Trinajstić information content (AvgIpc) is 3.09. The number of sulfonamides is 1. The predicted molar refractivity (Wildman–Crippen MR) is 115 cm³/mol. The first-order valence-electron chi connectivity index (χ1n) is 10.5.